The summed E-state index contributed by atoms with van der Waals surface area (Å²) in [5.74, 6) is -0.221. The van der Waals surface area contributed by atoms with Crippen molar-refractivity contribution in [1.29, 1.82) is 0 Å². The van der Waals surface area contributed by atoms with E-state index in [1.54, 1.807) is 36.4 Å². The van der Waals surface area contributed by atoms with Gasteiger partial charge in [-0.1, -0.05) is 17.7 Å². The van der Waals surface area contributed by atoms with Gasteiger partial charge in [-0.2, -0.15) is 0 Å². The molecule has 0 radical (unpaired) electrons. The first-order valence-corrected chi connectivity index (χ1v) is 6.49. The monoisotopic (exact) mass is 289 g/mol. The van der Waals surface area contributed by atoms with Crippen molar-refractivity contribution in [2.45, 2.75) is 0 Å². The number of hydrogen-bond donors (Lipinski definition) is 2. The third kappa shape index (κ3) is 3.22. The molecule has 5 heteroatoms. The number of benzene rings is 2. The van der Waals surface area contributed by atoms with Crippen molar-refractivity contribution in [2.24, 2.45) is 0 Å². The highest BCUT2D eigenvalue weighted by Crippen LogP contribution is 2.27. The van der Waals surface area contributed by atoms with Crippen LogP contribution in [0.1, 0.15) is 10.4 Å². The molecule has 0 aliphatic carbocycles. The topological polar surface area (TPSA) is 58.4 Å². The molecule has 1 amide bonds. The van der Waals surface area contributed by atoms with Crippen LogP contribution in [0.4, 0.5) is 17.1 Å². The summed E-state index contributed by atoms with van der Waals surface area (Å²) >= 11 is 5.89. The predicted octanol–water partition coefficient (Wildman–Crippen LogP) is 3.24. The first-order chi connectivity index (χ1) is 9.47. The van der Waals surface area contributed by atoms with Gasteiger partial charge in [-0.05, 0) is 36.4 Å². The number of carbonyl (C=O) groups is 1. The number of hydrogen-bond acceptors (Lipinski definition) is 3. The average Bonchev–Trinajstić information content (AvgIpc) is 2.38. The van der Waals surface area contributed by atoms with Crippen molar-refractivity contribution in [1.82, 2.24) is 0 Å². The molecule has 3 N–H and O–H groups in total. The summed E-state index contributed by atoms with van der Waals surface area (Å²) in [7, 11) is 3.81. The van der Waals surface area contributed by atoms with Crippen LogP contribution in [0.25, 0.3) is 0 Å². The van der Waals surface area contributed by atoms with Crippen LogP contribution in [0.3, 0.4) is 0 Å². The largest absolute Gasteiger partial charge is 0.399 e. The van der Waals surface area contributed by atoms with Crippen LogP contribution in [0.2, 0.25) is 5.02 Å². The van der Waals surface area contributed by atoms with Gasteiger partial charge in [-0.25, -0.2) is 0 Å². The van der Waals surface area contributed by atoms with Crippen LogP contribution >= 0.6 is 11.6 Å². The summed E-state index contributed by atoms with van der Waals surface area (Å²) in [6, 6.07) is 12.2. The van der Waals surface area contributed by atoms with Crippen molar-refractivity contribution in [3.8, 4) is 0 Å². The first-order valence-electron chi connectivity index (χ1n) is 6.11. The fraction of sp³-hybridized carbons (Fsp3) is 0.133. The number of amides is 1. The van der Waals surface area contributed by atoms with Crippen LogP contribution in [0, 0.1) is 0 Å². The molecule has 2 rings (SSSR count). The molecule has 4 nitrogen and oxygen atoms in total. The number of anilines is 3. The summed E-state index contributed by atoms with van der Waals surface area (Å²) in [6.07, 6.45) is 0. The molecule has 0 atom stereocenters. The Kier molecular flexibility index (Phi) is 4.15. The van der Waals surface area contributed by atoms with E-state index in [9.17, 15) is 4.79 Å². The van der Waals surface area contributed by atoms with Crippen molar-refractivity contribution in [2.75, 3.05) is 30.0 Å². The highest BCUT2D eigenvalue weighted by atomic mass is 35.5. The van der Waals surface area contributed by atoms with E-state index in [4.69, 9.17) is 17.3 Å². The summed E-state index contributed by atoms with van der Waals surface area (Å²) in [6.45, 7) is 0. The van der Waals surface area contributed by atoms with Gasteiger partial charge in [0, 0.05) is 30.4 Å². The Balaban J connectivity index is 2.30. The van der Waals surface area contributed by atoms with Crippen molar-refractivity contribution in [3.63, 3.8) is 0 Å². The number of nitrogens with two attached hydrogens (primary N) is 1. The predicted molar refractivity (Wildman–Crippen MR) is 84.6 cm³/mol. The van der Waals surface area contributed by atoms with E-state index in [-0.39, 0.29) is 5.91 Å². The minimum atomic E-state index is -0.221. The van der Waals surface area contributed by atoms with E-state index in [0.29, 0.717) is 22.0 Å². The lowest BCUT2D eigenvalue weighted by Crippen LogP contribution is -2.17. The smallest absolute Gasteiger partial charge is 0.255 e. The Morgan fingerprint density at radius 2 is 1.95 bits per heavy atom. The van der Waals surface area contributed by atoms with Gasteiger partial charge >= 0.3 is 0 Å². The van der Waals surface area contributed by atoms with E-state index in [1.807, 2.05) is 25.1 Å². The molecule has 0 bridgehead atoms. The average molecular weight is 290 g/mol. The summed E-state index contributed by atoms with van der Waals surface area (Å²) < 4.78 is 0. The Morgan fingerprint density at radius 1 is 1.20 bits per heavy atom. The van der Waals surface area contributed by atoms with Crippen LogP contribution in [0.15, 0.2) is 42.5 Å². The molecule has 104 valence electrons. The maximum absolute atomic E-state index is 12.2. The van der Waals surface area contributed by atoms with E-state index in [1.165, 1.54) is 0 Å². The molecule has 2 aromatic carbocycles. The molecule has 20 heavy (non-hydrogen) atoms. The Bertz CT molecular complexity index is 641. The molecule has 2 aromatic rings. The fourth-order valence-electron chi connectivity index (χ4n) is 1.87. The van der Waals surface area contributed by atoms with E-state index < -0.39 is 0 Å². The second-order valence-electron chi connectivity index (χ2n) is 4.64. The number of nitrogens with one attached hydrogen (secondary N) is 1. The van der Waals surface area contributed by atoms with Gasteiger partial charge in [0.1, 0.15) is 0 Å². The lowest BCUT2D eigenvalue weighted by molar-refractivity contribution is 0.102. The molecule has 0 saturated carbocycles. The summed E-state index contributed by atoms with van der Waals surface area (Å²) in [5, 5.41) is 3.38. The SMILES string of the molecule is CN(C)c1ccc(N)cc1NC(=O)c1cccc(Cl)c1. The number of halogens is 1. The Labute approximate surface area is 123 Å². The molecule has 0 saturated heterocycles. The minimum absolute atomic E-state index is 0.221. The molecule has 0 heterocycles. The van der Waals surface area contributed by atoms with Gasteiger partial charge in [0.25, 0.3) is 5.91 Å². The molecule has 0 unspecified atom stereocenters. The molecular weight excluding hydrogens is 274 g/mol. The zero-order valence-corrected chi connectivity index (χ0v) is 12.1. The Hall–Kier alpha value is -2.20. The second-order valence-corrected chi connectivity index (χ2v) is 5.07. The van der Waals surface area contributed by atoms with Gasteiger partial charge in [0.15, 0.2) is 0 Å². The zero-order valence-electron chi connectivity index (χ0n) is 11.4. The Morgan fingerprint density at radius 3 is 2.60 bits per heavy atom. The summed E-state index contributed by atoms with van der Waals surface area (Å²) in [4.78, 5) is 14.1. The first kappa shape index (κ1) is 14.2. The maximum Gasteiger partial charge on any atom is 0.255 e. The third-order valence-corrected chi connectivity index (χ3v) is 3.07. The van der Waals surface area contributed by atoms with Crippen molar-refractivity contribution >= 4 is 34.6 Å². The van der Waals surface area contributed by atoms with E-state index in [0.717, 1.165) is 5.69 Å². The normalized spacial score (nSPS) is 10.2. The molecule has 0 spiro atoms. The van der Waals surface area contributed by atoms with Crippen molar-refractivity contribution < 1.29 is 4.79 Å². The third-order valence-electron chi connectivity index (χ3n) is 2.84. The number of rotatable bonds is 3. The minimum Gasteiger partial charge on any atom is -0.399 e. The van der Waals surface area contributed by atoms with Gasteiger partial charge < -0.3 is 16.0 Å². The summed E-state index contributed by atoms with van der Waals surface area (Å²) in [5.41, 5.74) is 8.42. The molecule has 0 aliphatic heterocycles. The number of nitrogens with zero attached hydrogens (tertiary/aromatic N) is 1. The van der Waals surface area contributed by atoms with Crippen LogP contribution in [-0.2, 0) is 0 Å². The highest BCUT2D eigenvalue weighted by molar-refractivity contribution is 6.31. The van der Waals surface area contributed by atoms with E-state index >= 15 is 0 Å². The standard InChI is InChI=1S/C15H16ClN3O/c1-19(2)14-7-6-12(17)9-13(14)18-15(20)10-4-3-5-11(16)8-10/h3-9H,17H2,1-2H3,(H,18,20). The molecule has 0 fully saturated rings. The number of carbonyl (C=O) groups excluding carboxylic acids is 1. The molecule has 0 aliphatic rings. The lowest BCUT2D eigenvalue weighted by Gasteiger charge is -2.18. The van der Waals surface area contributed by atoms with Crippen LogP contribution in [0.5, 0.6) is 0 Å². The van der Waals surface area contributed by atoms with Gasteiger partial charge in [0.2, 0.25) is 0 Å². The number of nitrogen functional groups attached to an aromatic ring is 1. The fourth-order valence-corrected chi connectivity index (χ4v) is 2.06. The quantitative estimate of drug-likeness (QED) is 0.853. The van der Waals surface area contributed by atoms with E-state index in [2.05, 4.69) is 5.32 Å². The second kappa shape index (κ2) is 5.84. The maximum atomic E-state index is 12.2. The molecule has 0 aromatic heterocycles. The van der Waals surface area contributed by atoms with Gasteiger partial charge in [0.05, 0.1) is 11.4 Å². The zero-order chi connectivity index (χ0) is 14.7. The van der Waals surface area contributed by atoms with Gasteiger partial charge in [-0.3, -0.25) is 4.79 Å². The van der Waals surface area contributed by atoms with Crippen LogP contribution in [-0.4, -0.2) is 20.0 Å². The van der Waals surface area contributed by atoms with Crippen LogP contribution < -0.4 is 16.0 Å². The molecular formula is C15H16ClN3O. The highest BCUT2D eigenvalue weighted by Gasteiger charge is 2.11. The van der Waals surface area contributed by atoms with Gasteiger partial charge in [-0.15, -0.1) is 0 Å². The lowest BCUT2D eigenvalue weighted by atomic mass is 10.2. The van der Waals surface area contributed by atoms with Crippen molar-refractivity contribution in [3.05, 3.63) is 53.1 Å².